The molecule has 0 saturated heterocycles. The fourth-order valence-electron chi connectivity index (χ4n) is 2.59. The van der Waals surface area contributed by atoms with Crippen molar-refractivity contribution in [2.75, 3.05) is 0 Å². The summed E-state index contributed by atoms with van der Waals surface area (Å²) in [7, 11) is 0. The van der Waals surface area contributed by atoms with Gasteiger partial charge in [0.05, 0.1) is 0 Å². The van der Waals surface area contributed by atoms with Crippen molar-refractivity contribution in [2.45, 2.75) is 37.9 Å². The molecule has 2 unspecified atom stereocenters. The highest BCUT2D eigenvalue weighted by Crippen LogP contribution is 2.44. The fourth-order valence-corrected chi connectivity index (χ4v) is 2.59. The Morgan fingerprint density at radius 3 is 1.91 bits per heavy atom. The monoisotopic (exact) mass is 179 g/mol. The molecular weight excluding hydrogens is 165 g/mol. The number of nitrogens with two attached hydrogens (primary N) is 1. The van der Waals surface area contributed by atoms with Gasteiger partial charge in [-0.3, -0.25) is 0 Å². The zero-order valence-corrected chi connectivity index (χ0v) is 7.32. The molecule has 11 heavy (non-hydrogen) atoms. The van der Waals surface area contributed by atoms with Crippen molar-refractivity contribution in [1.82, 2.24) is 0 Å². The minimum Gasteiger partial charge on any atom is -0.328 e. The molecule has 2 atom stereocenters. The first kappa shape index (κ1) is 9.27. The van der Waals surface area contributed by atoms with Gasteiger partial charge in [-0.2, -0.15) is 0 Å². The molecule has 0 aliphatic heterocycles. The Morgan fingerprint density at radius 1 is 1.00 bits per heavy atom. The SMILES string of the molecule is Cl.NC1CC2CC(F)CC2C1. The Kier molecular flexibility index (Phi) is 2.76. The zero-order chi connectivity index (χ0) is 7.14. The first-order valence-electron chi connectivity index (χ1n) is 4.15. The minimum atomic E-state index is -0.512. The van der Waals surface area contributed by atoms with E-state index in [0.717, 1.165) is 25.7 Å². The van der Waals surface area contributed by atoms with Crippen LogP contribution in [0.3, 0.4) is 0 Å². The summed E-state index contributed by atoms with van der Waals surface area (Å²) in [5, 5.41) is 0. The maximum Gasteiger partial charge on any atom is 0.101 e. The average molecular weight is 180 g/mol. The van der Waals surface area contributed by atoms with Crippen LogP contribution in [-0.2, 0) is 0 Å². The van der Waals surface area contributed by atoms with E-state index in [1.807, 2.05) is 0 Å². The maximum absolute atomic E-state index is 12.7. The third-order valence-corrected chi connectivity index (χ3v) is 2.99. The van der Waals surface area contributed by atoms with Crippen LogP contribution in [0.5, 0.6) is 0 Å². The highest BCUT2D eigenvalue weighted by molar-refractivity contribution is 5.85. The van der Waals surface area contributed by atoms with E-state index >= 15 is 0 Å². The topological polar surface area (TPSA) is 26.0 Å². The molecule has 2 aliphatic rings. The van der Waals surface area contributed by atoms with Gasteiger partial charge >= 0.3 is 0 Å². The van der Waals surface area contributed by atoms with E-state index in [-0.39, 0.29) is 12.4 Å². The molecule has 0 radical (unpaired) electrons. The van der Waals surface area contributed by atoms with E-state index in [2.05, 4.69) is 0 Å². The Hall–Kier alpha value is 0.180. The van der Waals surface area contributed by atoms with Gasteiger partial charge in [0.1, 0.15) is 6.17 Å². The molecule has 0 aromatic carbocycles. The standard InChI is InChI=1S/C8H14FN.ClH/c9-7-1-5-3-8(10)4-6(5)2-7;/h5-8H,1-4,10H2;1H. The summed E-state index contributed by atoms with van der Waals surface area (Å²) in [4.78, 5) is 0. The molecule has 2 fully saturated rings. The molecule has 2 rings (SSSR count). The van der Waals surface area contributed by atoms with Crippen LogP contribution < -0.4 is 5.73 Å². The fraction of sp³-hybridized carbons (Fsp3) is 1.00. The van der Waals surface area contributed by atoms with Crippen molar-refractivity contribution in [2.24, 2.45) is 17.6 Å². The van der Waals surface area contributed by atoms with Gasteiger partial charge in [0.2, 0.25) is 0 Å². The number of hydrogen-bond donors (Lipinski definition) is 1. The molecule has 2 N–H and O–H groups in total. The van der Waals surface area contributed by atoms with Crippen LogP contribution in [0.2, 0.25) is 0 Å². The van der Waals surface area contributed by atoms with Crippen molar-refractivity contribution in [3.05, 3.63) is 0 Å². The van der Waals surface area contributed by atoms with Gasteiger partial charge in [-0.1, -0.05) is 0 Å². The van der Waals surface area contributed by atoms with E-state index in [9.17, 15) is 4.39 Å². The van der Waals surface area contributed by atoms with E-state index in [4.69, 9.17) is 5.73 Å². The first-order chi connectivity index (χ1) is 4.75. The van der Waals surface area contributed by atoms with E-state index in [1.54, 1.807) is 0 Å². The van der Waals surface area contributed by atoms with Crippen LogP contribution in [0.15, 0.2) is 0 Å². The van der Waals surface area contributed by atoms with Crippen LogP contribution in [0.4, 0.5) is 4.39 Å². The summed E-state index contributed by atoms with van der Waals surface area (Å²) >= 11 is 0. The van der Waals surface area contributed by atoms with E-state index in [0.29, 0.717) is 17.9 Å². The first-order valence-corrected chi connectivity index (χ1v) is 4.15. The summed E-state index contributed by atoms with van der Waals surface area (Å²) in [5.41, 5.74) is 5.75. The number of halogens is 2. The molecular formula is C8H15ClFN. The van der Waals surface area contributed by atoms with E-state index in [1.165, 1.54) is 0 Å². The Balaban J connectivity index is 0.000000605. The highest BCUT2D eigenvalue weighted by Gasteiger charge is 2.40. The van der Waals surface area contributed by atoms with Crippen LogP contribution >= 0.6 is 12.4 Å². The number of hydrogen-bond acceptors (Lipinski definition) is 1. The number of alkyl halides is 1. The third-order valence-electron chi connectivity index (χ3n) is 2.99. The van der Waals surface area contributed by atoms with Crippen molar-refractivity contribution in [3.63, 3.8) is 0 Å². The van der Waals surface area contributed by atoms with Crippen molar-refractivity contribution in [3.8, 4) is 0 Å². The molecule has 0 aromatic heterocycles. The summed E-state index contributed by atoms with van der Waals surface area (Å²) in [6.07, 6.45) is 3.22. The predicted molar refractivity (Wildman–Crippen MR) is 45.6 cm³/mol. The lowest BCUT2D eigenvalue weighted by Gasteiger charge is -2.03. The Bertz CT molecular complexity index is 114. The maximum atomic E-state index is 12.7. The largest absolute Gasteiger partial charge is 0.328 e. The highest BCUT2D eigenvalue weighted by atomic mass is 35.5. The van der Waals surface area contributed by atoms with Gasteiger partial charge in [0.15, 0.2) is 0 Å². The predicted octanol–water partition coefficient (Wildman–Crippen LogP) is 1.89. The van der Waals surface area contributed by atoms with Crippen LogP contribution in [0.1, 0.15) is 25.7 Å². The second kappa shape index (κ2) is 3.28. The Morgan fingerprint density at radius 2 is 1.45 bits per heavy atom. The summed E-state index contributed by atoms with van der Waals surface area (Å²) in [5.74, 6) is 1.26. The van der Waals surface area contributed by atoms with Crippen molar-refractivity contribution < 1.29 is 4.39 Å². The molecule has 3 heteroatoms. The van der Waals surface area contributed by atoms with E-state index < -0.39 is 6.17 Å². The van der Waals surface area contributed by atoms with Crippen molar-refractivity contribution >= 4 is 12.4 Å². The van der Waals surface area contributed by atoms with Crippen LogP contribution in [0, 0.1) is 11.8 Å². The molecule has 0 amide bonds. The second-order valence-electron chi connectivity index (χ2n) is 3.82. The molecule has 0 bridgehead atoms. The van der Waals surface area contributed by atoms with Gasteiger partial charge in [-0.05, 0) is 37.5 Å². The Labute approximate surface area is 72.9 Å². The second-order valence-corrected chi connectivity index (χ2v) is 3.82. The van der Waals surface area contributed by atoms with Gasteiger partial charge in [-0.25, -0.2) is 4.39 Å². The lowest BCUT2D eigenvalue weighted by Crippen LogP contribution is -2.16. The summed E-state index contributed by atoms with van der Waals surface area (Å²) in [6.45, 7) is 0. The quantitative estimate of drug-likeness (QED) is 0.604. The average Bonchev–Trinajstić information content (AvgIpc) is 2.21. The molecule has 1 nitrogen and oxygen atoms in total. The van der Waals surface area contributed by atoms with Crippen LogP contribution in [-0.4, -0.2) is 12.2 Å². The van der Waals surface area contributed by atoms with Crippen LogP contribution in [0.25, 0.3) is 0 Å². The van der Waals surface area contributed by atoms with Gasteiger partial charge < -0.3 is 5.73 Å². The van der Waals surface area contributed by atoms with Gasteiger partial charge in [0, 0.05) is 6.04 Å². The summed E-state index contributed by atoms with van der Waals surface area (Å²) in [6, 6.07) is 0.377. The molecule has 2 saturated carbocycles. The third kappa shape index (κ3) is 1.67. The minimum absolute atomic E-state index is 0. The zero-order valence-electron chi connectivity index (χ0n) is 6.50. The normalized spacial score (nSPS) is 48.5. The molecule has 0 spiro atoms. The lowest BCUT2D eigenvalue weighted by atomic mass is 10.0. The molecule has 0 aromatic rings. The van der Waals surface area contributed by atoms with Gasteiger partial charge in [-0.15, -0.1) is 12.4 Å². The lowest BCUT2D eigenvalue weighted by molar-refractivity contribution is 0.318. The number of fused-ring (bicyclic) bond motifs is 1. The summed E-state index contributed by atoms with van der Waals surface area (Å²) < 4.78 is 12.7. The number of rotatable bonds is 0. The smallest absolute Gasteiger partial charge is 0.101 e. The van der Waals surface area contributed by atoms with Crippen molar-refractivity contribution in [1.29, 1.82) is 0 Å². The molecule has 66 valence electrons. The molecule has 2 aliphatic carbocycles. The van der Waals surface area contributed by atoms with Gasteiger partial charge in [0.25, 0.3) is 0 Å². The molecule has 0 heterocycles.